The second-order valence-corrected chi connectivity index (χ2v) is 9.41. The number of halogens is 1. The van der Waals surface area contributed by atoms with Crippen LogP contribution in [0.25, 0.3) is 0 Å². The normalized spacial score (nSPS) is 27.2. The van der Waals surface area contributed by atoms with E-state index in [1.54, 1.807) is 6.07 Å². The Morgan fingerprint density at radius 3 is 2.34 bits per heavy atom. The predicted octanol–water partition coefficient (Wildman–Crippen LogP) is 5.03. The number of fused-ring (bicyclic) bond motifs is 5. The molecule has 1 aliphatic heterocycles. The fourth-order valence-electron chi connectivity index (χ4n) is 6.19. The summed E-state index contributed by atoms with van der Waals surface area (Å²) >= 11 is 0. The smallest absolute Gasteiger partial charge is 0.123 e. The van der Waals surface area contributed by atoms with E-state index in [-0.39, 0.29) is 5.82 Å². The maximum Gasteiger partial charge on any atom is 0.123 e. The summed E-state index contributed by atoms with van der Waals surface area (Å²) < 4.78 is 14.2. The monoisotopic (exact) mass is 392 g/mol. The van der Waals surface area contributed by atoms with E-state index < -0.39 is 0 Å². The summed E-state index contributed by atoms with van der Waals surface area (Å²) in [5.74, 6) is 1.64. The molecule has 3 atom stereocenters. The first-order valence-corrected chi connectivity index (χ1v) is 11.5. The molecule has 3 aliphatic rings. The zero-order chi connectivity index (χ0) is 19.8. The molecule has 29 heavy (non-hydrogen) atoms. The summed E-state index contributed by atoms with van der Waals surface area (Å²) in [6, 6.07) is 14.5. The van der Waals surface area contributed by atoms with Crippen molar-refractivity contribution in [3.05, 3.63) is 70.5 Å². The Morgan fingerprint density at radius 1 is 0.862 bits per heavy atom. The van der Waals surface area contributed by atoms with E-state index in [1.807, 2.05) is 12.1 Å². The minimum atomic E-state index is -0.0797. The summed E-state index contributed by atoms with van der Waals surface area (Å²) in [5.41, 5.74) is 5.58. The van der Waals surface area contributed by atoms with E-state index >= 15 is 0 Å². The van der Waals surface area contributed by atoms with E-state index in [2.05, 4.69) is 41.0 Å². The Bertz CT molecular complexity index is 856. The average molecular weight is 393 g/mol. The summed E-state index contributed by atoms with van der Waals surface area (Å²) in [4.78, 5) is 5.28. The second-order valence-electron chi connectivity index (χ2n) is 9.41. The lowest BCUT2D eigenvalue weighted by Gasteiger charge is -2.35. The van der Waals surface area contributed by atoms with Gasteiger partial charge in [-0.3, -0.25) is 0 Å². The van der Waals surface area contributed by atoms with Gasteiger partial charge in [0.15, 0.2) is 0 Å². The lowest BCUT2D eigenvalue weighted by Crippen LogP contribution is -2.47. The first kappa shape index (κ1) is 19.3. The van der Waals surface area contributed by atoms with Crippen LogP contribution in [0.5, 0.6) is 0 Å². The van der Waals surface area contributed by atoms with E-state index in [0.717, 1.165) is 6.42 Å². The van der Waals surface area contributed by atoms with Crippen LogP contribution in [0.2, 0.25) is 0 Å². The van der Waals surface area contributed by atoms with Gasteiger partial charge in [-0.2, -0.15) is 0 Å². The molecule has 3 heteroatoms. The number of benzene rings is 2. The van der Waals surface area contributed by atoms with Gasteiger partial charge < -0.3 is 9.80 Å². The highest BCUT2D eigenvalue weighted by atomic mass is 19.1. The zero-order valence-electron chi connectivity index (χ0n) is 17.6. The molecule has 2 fully saturated rings. The predicted molar refractivity (Wildman–Crippen MR) is 117 cm³/mol. The van der Waals surface area contributed by atoms with Crippen LogP contribution in [-0.2, 0) is 6.42 Å². The average Bonchev–Trinajstić information content (AvgIpc) is 3.10. The van der Waals surface area contributed by atoms with Crippen molar-refractivity contribution in [1.29, 1.82) is 0 Å². The summed E-state index contributed by atoms with van der Waals surface area (Å²) in [5, 5.41) is 0. The van der Waals surface area contributed by atoms with Crippen molar-refractivity contribution in [2.24, 2.45) is 5.92 Å². The molecule has 3 unspecified atom stereocenters. The largest absolute Gasteiger partial charge is 0.301 e. The highest BCUT2D eigenvalue weighted by Gasteiger charge is 2.40. The molecule has 0 spiro atoms. The van der Waals surface area contributed by atoms with Crippen LogP contribution in [0.15, 0.2) is 42.5 Å². The van der Waals surface area contributed by atoms with Crippen LogP contribution in [0.3, 0.4) is 0 Å². The standard InChI is InChI=1S/C26H33FN2/c1-2-9-28-10-12-29(13-11-28)18-19-14-25-23-6-4-3-5-20(23)16-21-7-8-22(27)17-24(21)26(25)15-19/h3-8,17,19,25-26H,2,9-16,18H2,1H3. The highest BCUT2D eigenvalue weighted by molar-refractivity contribution is 5.46. The zero-order valence-corrected chi connectivity index (χ0v) is 17.6. The molecule has 2 aromatic carbocycles. The van der Waals surface area contributed by atoms with Gasteiger partial charge in [-0.05, 0) is 84.4 Å². The highest BCUT2D eigenvalue weighted by Crippen LogP contribution is 2.52. The van der Waals surface area contributed by atoms with Gasteiger partial charge in [-0.1, -0.05) is 37.3 Å². The van der Waals surface area contributed by atoms with Gasteiger partial charge in [0.1, 0.15) is 5.82 Å². The van der Waals surface area contributed by atoms with Crippen molar-refractivity contribution in [2.75, 3.05) is 39.3 Å². The molecule has 1 saturated carbocycles. The molecule has 0 radical (unpaired) electrons. The SMILES string of the molecule is CCCN1CCN(CC2CC3c4ccccc4Cc4ccc(F)cc4C3C2)CC1. The van der Waals surface area contributed by atoms with Crippen LogP contribution in [0.1, 0.15) is 60.3 Å². The third-order valence-electron chi connectivity index (χ3n) is 7.52. The van der Waals surface area contributed by atoms with Gasteiger partial charge in [0.25, 0.3) is 0 Å². The summed E-state index contributed by atoms with van der Waals surface area (Å²) in [6.07, 6.45) is 4.64. The molecule has 1 heterocycles. The van der Waals surface area contributed by atoms with Crippen LogP contribution in [-0.4, -0.2) is 49.1 Å². The van der Waals surface area contributed by atoms with Crippen LogP contribution < -0.4 is 0 Å². The van der Waals surface area contributed by atoms with Crippen molar-refractivity contribution in [2.45, 2.75) is 44.4 Å². The number of hydrogen-bond acceptors (Lipinski definition) is 2. The van der Waals surface area contributed by atoms with Crippen molar-refractivity contribution < 1.29 is 4.39 Å². The van der Waals surface area contributed by atoms with Crippen LogP contribution >= 0.6 is 0 Å². The van der Waals surface area contributed by atoms with E-state index in [1.165, 1.54) is 80.8 Å². The van der Waals surface area contributed by atoms with Gasteiger partial charge in [-0.15, -0.1) is 0 Å². The Labute approximate surface area is 174 Å². The molecule has 154 valence electrons. The number of piperazine rings is 1. The van der Waals surface area contributed by atoms with Crippen molar-refractivity contribution in [3.8, 4) is 0 Å². The van der Waals surface area contributed by atoms with E-state index in [0.29, 0.717) is 17.8 Å². The Balaban J connectivity index is 1.36. The lowest BCUT2D eigenvalue weighted by atomic mass is 9.84. The minimum absolute atomic E-state index is 0.0797. The van der Waals surface area contributed by atoms with Gasteiger partial charge in [0, 0.05) is 32.7 Å². The minimum Gasteiger partial charge on any atom is -0.301 e. The molecular weight excluding hydrogens is 359 g/mol. The molecule has 1 saturated heterocycles. The van der Waals surface area contributed by atoms with Crippen molar-refractivity contribution in [1.82, 2.24) is 9.80 Å². The fraction of sp³-hybridized carbons (Fsp3) is 0.538. The molecule has 5 rings (SSSR count). The van der Waals surface area contributed by atoms with Gasteiger partial charge in [-0.25, -0.2) is 4.39 Å². The number of nitrogens with zero attached hydrogens (tertiary/aromatic N) is 2. The molecule has 2 aliphatic carbocycles. The van der Waals surface area contributed by atoms with Crippen LogP contribution in [0.4, 0.5) is 4.39 Å². The van der Waals surface area contributed by atoms with Gasteiger partial charge >= 0.3 is 0 Å². The van der Waals surface area contributed by atoms with Crippen LogP contribution in [0, 0.1) is 11.7 Å². The van der Waals surface area contributed by atoms with Gasteiger partial charge in [0.05, 0.1) is 0 Å². The molecule has 2 aromatic rings. The number of hydrogen-bond donors (Lipinski definition) is 0. The quantitative estimate of drug-likeness (QED) is 0.720. The second kappa shape index (κ2) is 8.20. The summed E-state index contributed by atoms with van der Waals surface area (Å²) in [7, 11) is 0. The number of rotatable bonds is 4. The molecule has 2 nitrogen and oxygen atoms in total. The maximum absolute atomic E-state index is 14.2. The van der Waals surface area contributed by atoms with E-state index in [4.69, 9.17) is 0 Å². The first-order valence-electron chi connectivity index (χ1n) is 11.5. The molecule has 0 N–H and O–H groups in total. The Morgan fingerprint density at radius 2 is 1.55 bits per heavy atom. The van der Waals surface area contributed by atoms with Crippen molar-refractivity contribution in [3.63, 3.8) is 0 Å². The van der Waals surface area contributed by atoms with Gasteiger partial charge in [0.2, 0.25) is 0 Å². The third kappa shape index (κ3) is 3.87. The Kier molecular flexibility index (Phi) is 5.45. The Hall–Kier alpha value is -1.71. The fourth-order valence-corrected chi connectivity index (χ4v) is 6.19. The lowest BCUT2D eigenvalue weighted by molar-refractivity contribution is 0.118. The van der Waals surface area contributed by atoms with Crippen molar-refractivity contribution >= 4 is 0 Å². The maximum atomic E-state index is 14.2. The molecule has 0 bridgehead atoms. The third-order valence-corrected chi connectivity index (χ3v) is 7.52. The molecule has 0 amide bonds. The summed E-state index contributed by atoms with van der Waals surface area (Å²) in [6.45, 7) is 9.55. The molecular formula is C26H33FN2. The topological polar surface area (TPSA) is 6.48 Å². The first-order chi connectivity index (χ1) is 14.2. The molecule has 0 aromatic heterocycles. The van der Waals surface area contributed by atoms with E-state index in [9.17, 15) is 4.39 Å².